The van der Waals surface area contributed by atoms with Gasteiger partial charge in [0.25, 0.3) is 5.91 Å². The van der Waals surface area contributed by atoms with Gasteiger partial charge < -0.3 is 20.3 Å². The number of likely N-dealkylation sites (tertiary alicyclic amines) is 1. The van der Waals surface area contributed by atoms with Gasteiger partial charge in [-0.1, -0.05) is 24.3 Å². The Morgan fingerprint density at radius 1 is 1.09 bits per heavy atom. The van der Waals surface area contributed by atoms with Crippen molar-refractivity contribution in [1.82, 2.24) is 10.2 Å². The molecule has 2 aromatic rings. The fraction of sp³-hybridized carbons (Fsp3) is 0.391. The van der Waals surface area contributed by atoms with Gasteiger partial charge >= 0.3 is 5.97 Å². The van der Waals surface area contributed by atoms with E-state index in [1.807, 2.05) is 47.8 Å². The number of para-hydroxylation sites is 1. The van der Waals surface area contributed by atoms with Crippen molar-refractivity contribution in [2.75, 3.05) is 25.0 Å². The summed E-state index contributed by atoms with van der Waals surface area (Å²) < 4.78 is 5.16. The van der Waals surface area contributed by atoms with Crippen LogP contribution in [0.2, 0.25) is 0 Å². The number of benzene rings is 1. The molecule has 0 saturated carbocycles. The molecule has 1 saturated heterocycles. The molecule has 3 amide bonds. The third-order valence-corrected chi connectivity index (χ3v) is 6.24. The van der Waals surface area contributed by atoms with E-state index >= 15 is 0 Å². The molecule has 2 heterocycles. The minimum absolute atomic E-state index is 0.0465. The summed E-state index contributed by atoms with van der Waals surface area (Å²) in [6.45, 7) is 1.91. The van der Waals surface area contributed by atoms with Gasteiger partial charge in [-0.3, -0.25) is 19.2 Å². The van der Waals surface area contributed by atoms with Crippen LogP contribution in [-0.2, 0) is 23.9 Å². The average molecular weight is 458 g/mol. The van der Waals surface area contributed by atoms with E-state index in [1.54, 1.807) is 4.90 Å². The number of thiophene rings is 1. The molecule has 0 spiro atoms. The molecule has 0 aliphatic carbocycles. The van der Waals surface area contributed by atoms with Crippen LogP contribution in [0, 0.1) is 5.92 Å². The Labute approximate surface area is 190 Å². The molecular weight excluding hydrogens is 430 g/mol. The van der Waals surface area contributed by atoms with Crippen LogP contribution in [0.4, 0.5) is 5.69 Å². The van der Waals surface area contributed by atoms with Crippen LogP contribution in [0.1, 0.15) is 37.1 Å². The number of hydrogen-bond acceptors (Lipinski definition) is 6. The summed E-state index contributed by atoms with van der Waals surface area (Å²) in [7, 11) is 0. The second-order valence-electron chi connectivity index (χ2n) is 7.64. The SMILES string of the molecule is CC(=O)N[C@@H](CC(=O)OCC(=O)N1CCC(C(=O)Nc2ccccc2)CC1)c1cccs1. The van der Waals surface area contributed by atoms with Crippen molar-refractivity contribution < 1.29 is 23.9 Å². The number of ether oxygens (including phenoxy) is 1. The van der Waals surface area contributed by atoms with Crippen LogP contribution in [0.5, 0.6) is 0 Å². The maximum Gasteiger partial charge on any atom is 0.308 e. The van der Waals surface area contributed by atoms with Gasteiger partial charge in [0, 0.05) is 36.5 Å². The van der Waals surface area contributed by atoms with E-state index in [0.717, 1.165) is 10.6 Å². The number of carbonyl (C=O) groups excluding carboxylic acids is 4. The minimum Gasteiger partial charge on any atom is -0.455 e. The van der Waals surface area contributed by atoms with Gasteiger partial charge in [0.05, 0.1) is 12.5 Å². The second kappa shape index (κ2) is 11.4. The molecule has 1 fully saturated rings. The van der Waals surface area contributed by atoms with Gasteiger partial charge in [-0.15, -0.1) is 11.3 Å². The number of anilines is 1. The molecule has 1 aromatic carbocycles. The number of rotatable bonds is 8. The molecule has 170 valence electrons. The van der Waals surface area contributed by atoms with Gasteiger partial charge in [-0.2, -0.15) is 0 Å². The number of esters is 1. The third-order valence-electron chi connectivity index (χ3n) is 5.25. The molecule has 1 aromatic heterocycles. The van der Waals surface area contributed by atoms with Crippen LogP contribution in [0.25, 0.3) is 0 Å². The summed E-state index contributed by atoms with van der Waals surface area (Å²) in [6, 6.07) is 12.5. The average Bonchev–Trinajstić information content (AvgIpc) is 3.32. The van der Waals surface area contributed by atoms with Gasteiger partial charge in [-0.25, -0.2) is 0 Å². The molecule has 1 aliphatic heterocycles. The van der Waals surface area contributed by atoms with Gasteiger partial charge in [0.2, 0.25) is 11.8 Å². The first-order valence-electron chi connectivity index (χ1n) is 10.5. The summed E-state index contributed by atoms with van der Waals surface area (Å²) >= 11 is 1.43. The van der Waals surface area contributed by atoms with E-state index in [4.69, 9.17) is 4.74 Å². The lowest BCUT2D eigenvalue weighted by atomic mass is 9.95. The number of piperidine rings is 1. The van der Waals surface area contributed by atoms with Gasteiger partial charge in [0.15, 0.2) is 6.61 Å². The lowest BCUT2D eigenvalue weighted by Crippen LogP contribution is -2.43. The van der Waals surface area contributed by atoms with E-state index in [-0.39, 0.29) is 36.7 Å². The predicted octanol–water partition coefficient (Wildman–Crippen LogP) is 2.74. The fourth-order valence-corrected chi connectivity index (χ4v) is 4.35. The number of nitrogens with one attached hydrogen (secondary N) is 2. The van der Waals surface area contributed by atoms with Crippen LogP contribution in [0.3, 0.4) is 0 Å². The van der Waals surface area contributed by atoms with Crippen LogP contribution in [-0.4, -0.2) is 48.3 Å². The zero-order chi connectivity index (χ0) is 22.9. The summed E-state index contributed by atoms with van der Waals surface area (Å²) in [4.78, 5) is 51.0. The first-order valence-corrected chi connectivity index (χ1v) is 11.4. The number of amides is 3. The number of carbonyl (C=O) groups is 4. The van der Waals surface area contributed by atoms with Crippen LogP contribution in [0.15, 0.2) is 47.8 Å². The highest BCUT2D eigenvalue weighted by molar-refractivity contribution is 7.10. The molecule has 1 aliphatic rings. The lowest BCUT2D eigenvalue weighted by Gasteiger charge is -2.31. The van der Waals surface area contributed by atoms with Crippen molar-refractivity contribution in [2.24, 2.45) is 5.92 Å². The van der Waals surface area contributed by atoms with Crippen LogP contribution >= 0.6 is 11.3 Å². The largest absolute Gasteiger partial charge is 0.455 e. The van der Waals surface area contributed by atoms with Gasteiger partial charge in [-0.05, 0) is 36.4 Å². The Bertz CT molecular complexity index is 924. The Morgan fingerprint density at radius 2 is 1.81 bits per heavy atom. The molecule has 8 nitrogen and oxygen atoms in total. The third kappa shape index (κ3) is 6.91. The van der Waals surface area contributed by atoms with Crippen molar-refractivity contribution in [3.8, 4) is 0 Å². The highest BCUT2D eigenvalue weighted by Gasteiger charge is 2.28. The summed E-state index contributed by atoms with van der Waals surface area (Å²) in [5, 5.41) is 7.50. The molecule has 0 bridgehead atoms. The standard InChI is InChI=1S/C23H27N3O5S/c1-16(27)24-19(20-8-5-13-32-20)14-22(29)31-15-21(28)26-11-9-17(10-12-26)23(30)25-18-6-3-2-4-7-18/h2-8,13,17,19H,9-12,14-15H2,1H3,(H,24,27)(H,25,30)/t19-/m0/s1. The maximum absolute atomic E-state index is 12.4. The van der Waals surface area contributed by atoms with Crippen molar-refractivity contribution >= 4 is 40.7 Å². The normalized spacial score (nSPS) is 15.0. The smallest absolute Gasteiger partial charge is 0.308 e. The predicted molar refractivity (Wildman–Crippen MR) is 121 cm³/mol. The molecule has 0 radical (unpaired) electrons. The zero-order valence-corrected chi connectivity index (χ0v) is 18.7. The van der Waals surface area contributed by atoms with Gasteiger partial charge in [0.1, 0.15) is 0 Å². The summed E-state index contributed by atoms with van der Waals surface area (Å²) in [5.74, 6) is -1.29. The van der Waals surface area contributed by atoms with Crippen molar-refractivity contribution in [1.29, 1.82) is 0 Å². The second-order valence-corrected chi connectivity index (χ2v) is 8.62. The molecule has 3 rings (SSSR count). The topological polar surface area (TPSA) is 105 Å². The Balaban J connectivity index is 1.41. The van der Waals surface area contributed by atoms with Crippen LogP contribution < -0.4 is 10.6 Å². The monoisotopic (exact) mass is 457 g/mol. The summed E-state index contributed by atoms with van der Waals surface area (Å²) in [6.07, 6.45) is 1.07. The molecule has 9 heteroatoms. The van der Waals surface area contributed by atoms with Crippen molar-refractivity contribution in [3.63, 3.8) is 0 Å². The first kappa shape index (κ1) is 23.5. The molecule has 0 unspecified atom stereocenters. The van der Waals surface area contributed by atoms with E-state index in [1.165, 1.54) is 18.3 Å². The highest BCUT2D eigenvalue weighted by Crippen LogP contribution is 2.23. The molecular formula is C23H27N3O5S. The van der Waals surface area contributed by atoms with E-state index < -0.39 is 12.0 Å². The molecule has 2 N–H and O–H groups in total. The minimum atomic E-state index is -0.553. The Kier molecular flexibility index (Phi) is 8.38. The summed E-state index contributed by atoms with van der Waals surface area (Å²) in [5.41, 5.74) is 0.753. The highest BCUT2D eigenvalue weighted by atomic mass is 32.1. The maximum atomic E-state index is 12.4. The fourth-order valence-electron chi connectivity index (χ4n) is 3.57. The number of nitrogens with zero attached hydrogens (tertiary/aromatic N) is 1. The van der Waals surface area contributed by atoms with E-state index in [9.17, 15) is 19.2 Å². The van der Waals surface area contributed by atoms with Crippen molar-refractivity contribution in [2.45, 2.75) is 32.2 Å². The quantitative estimate of drug-likeness (QED) is 0.593. The van der Waals surface area contributed by atoms with E-state index in [2.05, 4.69) is 10.6 Å². The molecule has 32 heavy (non-hydrogen) atoms. The first-order chi connectivity index (χ1) is 15.4. The van der Waals surface area contributed by atoms with Crippen molar-refractivity contribution in [3.05, 3.63) is 52.7 Å². The van der Waals surface area contributed by atoms with E-state index in [0.29, 0.717) is 25.9 Å². The lowest BCUT2D eigenvalue weighted by molar-refractivity contribution is -0.153. The zero-order valence-electron chi connectivity index (χ0n) is 17.9. The number of hydrogen-bond donors (Lipinski definition) is 2. The molecule has 1 atom stereocenters. The Hall–Kier alpha value is -3.20. The Morgan fingerprint density at radius 3 is 2.44 bits per heavy atom.